The Morgan fingerprint density at radius 3 is 2.21 bits per heavy atom. The molecule has 1 atom stereocenters. The number of carboxylic acids is 1. The SMILES string of the molecule is C[C@@H](CC(C)(C)C)OC(=O)c1ccccc1C(=O)O. The lowest BCUT2D eigenvalue weighted by molar-refractivity contribution is 0.0248. The van der Waals surface area contributed by atoms with Crippen LogP contribution in [0.4, 0.5) is 0 Å². The molecule has 1 N–H and O–H groups in total. The van der Waals surface area contributed by atoms with Gasteiger partial charge in [0.1, 0.15) is 0 Å². The Morgan fingerprint density at radius 2 is 1.74 bits per heavy atom. The summed E-state index contributed by atoms with van der Waals surface area (Å²) in [4.78, 5) is 23.0. The van der Waals surface area contributed by atoms with Crippen LogP contribution in [0.5, 0.6) is 0 Å². The predicted octanol–water partition coefficient (Wildman–Crippen LogP) is 3.37. The molecule has 0 bridgehead atoms. The zero-order valence-electron chi connectivity index (χ0n) is 11.8. The van der Waals surface area contributed by atoms with E-state index in [9.17, 15) is 9.59 Å². The lowest BCUT2D eigenvalue weighted by Crippen LogP contribution is -2.22. The molecule has 1 aromatic carbocycles. The monoisotopic (exact) mass is 264 g/mol. The summed E-state index contributed by atoms with van der Waals surface area (Å²) in [6, 6.07) is 6.07. The summed E-state index contributed by atoms with van der Waals surface area (Å²) in [6.07, 6.45) is 0.461. The van der Waals surface area contributed by atoms with Crippen LogP contribution in [0, 0.1) is 5.41 Å². The molecule has 0 aliphatic carbocycles. The number of ether oxygens (including phenoxy) is 1. The minimum absolute atomic E-state index is 0.0320. The average Bonchev–Trinajstić information content (AvgIpc) is 2.26. The summed E-state index contributed by atoms with van der Waals surface area (Å²) >= 11 is 0. The largest absolute Gasteiger partial charge is 0.478 e. The van der Waals surface area contributed by atoms with Crippen molar-refractivity contribution in [2.24, 2.45) is 5.41 Å². The van der Waals surface area contributed by atoms with Gasteiger partial charge in [0.15, 0.2) is 0 Å². The van der Waals surface area contributed by atoms with Crippen molar-refractivity contribution in [3.63, 3.8) is 0 Å². The Kier molecular flexibility index (Phi) is 4.70. The molecule has 0 aliphatic rings. The third-order valence-corrected chi connectivity index (χ3v) is 2.59. The lowest BCUT2D eigenvalue weighted by atomic mass is 9.90. The molecule has 19 heavy (non-hydrogen) atoms. The fraction of sp³-hybridized carbons (Fsp3) is 0.467. The maximum atomic E-state index is 12.0. The maximum Gasteiger partial charge on any atom is 0.339 e. The number of carbonyl (C=O) groups excluding carboxylic acids is 1. The zero-order chi connectivity index (χ0) is 14.6. The van der Waals surface area contributed by atoms with E-state index in [4.69, 9.17) is 9.84 Å². The fourth-order valence-corrected chi connectivity index (χ4v) is 2.00. The first-order valence-corrected chi connectivity index (χ1v) is 6.24. The Bertz CT molecular complexity index is 471. The molecule has 0 unspecified atom stereocenters. The highest BCUT2D eigenvalue weighted by Gasteiger charge is 2.22. The van der Waals surface area contributed by atoms with E-state index >= 15 is 0 Å². The van der Waals surface area contributed by atoms with E-state index in [1.165, 1.54) is 12.1 Å². The highest BCUT2D eigenvalue weighted by molar-refractivity contribution is 6.02. The van der Waals surface area contributed by atoms with Crippen LogP contribution in [0.2, 0.25) is 0 Å². The predicted molar refractivity (Wildman–Crippen MR) is 72.4 cm³/mol. The van der Waals surface area contributed by atoms with Gasteiger partial charge in [0.2, 0.25) is 0 Å². The van der Waals surface area contributed by atoms with Crippen molar-refractivity contribution in [2.75, 3.05) is 0 Å². The molecule has 0 heterocycles. The van der Waals surface area contributed by atoms with E-state index in [0.717, 1.165) is 0 Å². The second-order valence-corrected chi connectivity index (χ2v) is 5.83. The lowest BCUT2D eigenvalue weighted by Gasteiger charge is -2.23. The van der Waals surface area contributed by atoms with Gasteiger partial charge in [-0.15, -0.1) is 0 Å². The molecule has 4 heteroatoms. The topological polar surface area (TPSA) is 63.6 Å². The Labute approximate surface area is 113 Å². The van der Waals surface area contributed by atoms with Crippen molar-refractivity contribution in [2.45, 2.75) is 40.2 Å². The molecule has 0 spiro atoms. The molecule has 104 valence electrons. The molecular weight excluding hydrogens is 244 g/mol. The molecule has 1 rings (SSSR count). The number of carbonyl (C=O) groups is 2. The number of benzene rings is 1. The van der Waals surface area contributed by atoms with E-state index in [1.807, 2.05) is 6.92 Å². The minimum Gasteiger partial charge on any atom is -0.478 e. The first kappa shape index (κ1) is 15.2. The third kappa shape index (κ3) is 4.73. The van der Waals surface area contributed by atoms with Crippen molar-refractivity contribution in [1.82, 2.24) is 0 Å². The van der Waals surface area contributed by atoms with Crippen molar-refractivity contribution in [3.05, 3.63) is 35.4 Å². The summed E-state index contributed by atoms with van der Waals surface area (Å²) in [5.41, 5.74) is 0.109. The van der Waals surface area contributed by atoms with Crippen LogP contribution >= 0.6 is 0 Å². The van der Waals surface area contributed by atoms with Crippen LogP contribution in [-0.2, 0) is 4.74 Å². The number of rotatable bonds is 4. The first-order valence-electron chi connectivity index (χ1n) is 6.24. The quantitative estimate of drug-likeness (QED) is 0.847. The van der Waals surface area contributed by atoms with Crippen LogP contribution in [0.15, 0.2) is 24.3 Å². The second-order valence-electron chi connectivity index (χ2n) is 5.83. The van der Waals surface area contributed by atoms with Crippen molar-refractivity contribution >= 4 is 11.9 Å². The molecule has 0 saturated carbocycles. The Morgan fingerprint density at radius 1 is 1.21 bits per heavy atom. The van der Waals surface area contributed by atoms with Crippen molar-refractivity contribution in [1.29, 1.82) is 0 Å². The molecule has 0 amide bonds. The highest BCUT2D eigenvalue weighted by atomic mass is 16.5. The van der Waals surface area contributed by atoms with Crippen LogP contribution in [-0.4, -0.2) is 23.1 Å². The zero-order valence-corrected chi connectivity index (χ0v) is 11.8. The van der Waals surface area contributed by atoms with Crippen LogP contribution in [0.25, 0.3) is 0 Å². The van der Waals surface area contributed by atoms with Crippen LogP contribution < -0.4 is 0 Å². The van der Waals surface area contributed by atoms with E-state index in [1.54, 1.807) is 12.1 Å². The van der Waals surface area contributed by atoms with Gasteiger partial charge in [0.05, 0.1) is 17.2 Å². The number of aromatic carboxylic acids is 1. The summed E-state index contributed by atoms with van der Waals surface area (Å²) in [6.45, 7) is 7.99. The number of hydrogen-bond acceptors (Lipinski definition) is 3. The van der Waals surface area contributed by atoms with E-state index in [-0.39, 0.29) is 22.6 Å². The molecule has 4 nitrogen and oxygen atoms in total. The molecular formula is C15H20O4. The smallest absolute Gasteiger partial charge is 0.339 e. The van der Waals surface area contributed by atoms with Gasteiger partial charge >= 0.3 is 11.9 Å². The fourth-order valence-electron chi connectivity index (χ4n) is 2.00. The van der Waals surface area contributed by atoms with Gasteiger partial charge in [-0.1, -0.05) is 32.9 Å². The van der Waals surface area contributed by atoms with Gasteiger partial charge in [0, 0.05) is 0 Å². The van der Waals surface area contributed by atoms with Gasteiger partial charge in [-0.05, 0) is 30.9 Å². The molecule has 1 aromatic rings. The van der Waals surface area contributed by atoms with Crippen LogP contribution in [0.1, 0.15) is 54.8 Å². The summed E-state index contributed by atoms with van der Waals surface area (Å²) < 4.78 is 5.30. The first-order chi connectivity index (χ1) is 8.70. The summed E-state index contributed by atoms with van der Waals surface area (Å²) in [7, 11) is 0. The molecule has 0 aliphatic heterocycles. The van der Waals surface area contributed by atoms with Gasteiger partial charge in [-0.25, -0.2) is 9.59 Å². The standard InChI is InChI=1S/C15H20O4/c1-10(9-15(2,3)4)19-14(18)12-8-6-5-7-11(12)13(16)17/h5-8,10H,9H2,1-4H3,(H,16,17)/t10-/m0/s1. The number of carboxylic acid groups (broad SMARTS) is 1. The van der Waals surface area contributed by atoms with Crippen LogP contribution in [0.3, 0.4) is 0 Å². The van der Waals surface area contributed by atoms with Crippen molar-refractivity contribution in [3.8, 4) is 0 Å². The summed E-state index contributed by atoms with van der Waals surface area (Å²) in [5, 5.41) is 9.03. The van der Waals surface area contributed by atoms with E-state index in [0.29, 0.717) is 6.42 Å². The molecule has 0 radical (unpaired) electrons. The normalized spacial score (nSPS) is 12.8. The molecule has 0 aromatic heterocycles. The van der Waals surface area contributed by atoms with Crippen molar-refractivity contribution < 1.29 is 19.4 Å². The third-order valence-electron chi connectivity index (χ3n) is 2.59. The number of hydrogen-bond donors (Lipinski definition) is 1. The van der Waals surface area contributed by atoms with Gasteiger partial charge in [0.25, 0.3) is 0 Å². The number of esters is 1. The highest BCUT2D eigenvalue weighted by Crippen LogP contribution is 2.23. The molecule has 0 saturated heterocycles. The van der Waals surface area contributed by atoms with E-state index < -0.39 is 11.9 Å². The molecule has 0 fully saturated rings. The average molecular weight is 264 g/mol. The van der Waals surface area contributed by atoms with Gasteiger partial charge in [-0.2, -0.15) is 0 Å². The van der Waals surface area contributed by atoms with E-state index in [2.05, 4.69) is 20.8 Å². The second kappa shape index (κ2) is 5.87. The van der Waals surface area contributed by atoms with Gasteiger partial charge in [-0.3, -0.25) is 0 Å². The Balaban J connectivity index is 2.82. The summed E-state index contributed by atoms with van der Waals surface area (Å²) in [5.74, 6) is -1.72. The maximum absolute atomic E-state index is 12.0. The minimum atomic E-state index is -1.13. The Hall–Kier alpha value is -1.84. The van der Waals surface area contributed by atoms with Gasteiger partial charge < -0.3 is 9.84 Å².